The first-order valence-electron chi connectivity index (χ1n) is 13.4. The van der Waals surface area contributed by atoms with Crippen molar-refractivity contribution < 1.29 is 4.79 Å². The molecule has 10 heteroatoms. The molecule has 3 aliphatic heterocycles. The summed E-state index contributed by atoms with van der Waals surface area (Å²) in [6.45, 7) is 10.4. The molecular weight excluding hydrogens is 518 g/mol. The van der Waals surface area contributed by atoms with Crippen molar-refractivity contribution in [3.8, 4) is 11.3 Å². The van der Waals surface area contributed by atoms with Crippen molar-refractivity contribution in [1.82, 2.24) is 24.4 Å². The number of hydrogen-bond donors (Lipinski definition) is 0. The minimum absolute atomic E-state index is 0.195. The summed E-state index contributed by atoms with van der Waals surface area (Å²) in [5.41, 5.74) is 4.30. The molecule has 3 aliphatic rings. The molecule has 0 unspecified atom stereocenters. The quantitative estimate of drug-likeness (QED) is 0.422. The van der Waals surface area contributed by atoms with Gasteiger partial charge in [0.1, 0.15) is 0 Å². The van der Waals surface area contributed by atoms with E-state index >= 15 is 0 Å². The van der Waals surface area contributed by atoms with E-state index in [4.69, 9.17) is 16.7 Å². The lowest BCUT2D eigenvalue weighted by Gasteiger charge is -2.38. The second-order valence-corrected chi connectivity index (χ2v) is 11.7. The number of piperazine rings is 1. The molecule has 0 atom stereocenters. The van der Waals surface area contributed by atoms with Crippen LogP contribution in [0.15, 0.2) is 46.4 Å². The van der Waals surface area contributed by atoms with Gasteiger partial charge in [-0.05, 0) is 75.2 Å². The Hall–Kier alpha value is -2.88. The number of rotatable bonds is 4. The number of imidazole rings is 1. The maximum atomic E-state index is 12.6. The van der Waals surface area contributed by atoms with Gasteiger partial charge in [-0.1, -0.05) is 17.7 Å². The molecule has 38 heavy (non-hydrogen) atoms. The Morgan fingerprint density at radius 2 is 1.76 bits per heavy atom. The Bertz CT molecular complexity index is 1420. The second-order valence-electron chi connectivity index (χ2n) is 10.3. The Labute approximate surface area is 232 Å². The second kappa shape index (κ2) is 10.7. The van der Waals surface area contributed by atoms with Gasteiger partial charge in [0.05, 0.1) is 33.2 Å². The Morgan fingerprint density at radius 1 is 0.974 bits per heavy atom. The van der Waals surface area contributed by atoms with Crippen LogP contribution in [0.2, 0.25) is 5.02 Å². The summed E-state index contributed by atoms with van der Waals surface area (Å²) >= 11 is 8.24. The van der Waals surface area contributed by atoms with Crippen LogP contribution in [0.3, 0.4) is 0 Å². The monoisotopic (exact) mass is 549 g/mol. The SMILES string of the molecule is CC(C)N1CCN(c2ccc(-c3cnc4ccc(C=C5SC(N6CCCCC6)=NC5=O)nn34)cc2Cl)CC1. The molecule has 0 spiro atoms. The fourth-order valence-electron chi connectivity index (χ4n) is 5.32. The molecule has 2 aromatic heterocycles. The van der Waals surface area contributed by atoms with Crippen molar-refractivity contribution >= 4 is 51.8 Å². The number of halogens is 1. The average molecular weight is 550 g/mol. The van der Waals surface area contributed by atoms with E-state index in [0.717, 1.165) is 84.9 Å². The number of likely N-dealkylation sites (tertiary alicyclic amines) is 1. The van der Waals surface area contributed by atoms with Gasteiger partial charge in [0, 0.05) is 50.9 Å². The first-order chi connectivity index (χ1) is 18.5. The minimum Gasteiger partial charge on any atom is -0.368 e. The van der Waals surface area contributed by atoms with Crippen LogP contribution in [-0.2, 0) is 4.79 Å². The van der Waals surface area contributed by atoms with Gasteiger partial charge in [0.25, 0.3) is 5.91 Å². The molecular formula is C28H32ClN7OS. The van der Waals surface area contributed by atoms with Crippen LogP contribution in [0.25, 0.3) is 23.0 Å². The van der Waals surface area contributed by atoms with E-state index in [-0.39, 0.29) is 5.91 Å². The van der Waals surface area contributed by atoms with E-state index in [1.165, 1.54) is 18.2 Å². The zero-order valence-electron chi connectivity index (χ0n) is 21.8. The molecule has 0 N–H and O–H groups in total. The van der Waals surface area contributed by atoms with Gasteiger partial charge in [-0.2, -0.15) is 10.1 Å². The van der Waals surface area contributed by atoms with Gasteiger partial charge in [-0.15, -0.1) is 0 Å². The summed E-state index contributed by atoms with van der Waals surface area (Å²) in [4.78, 5) is 29.1. The van der Waals surface area contributed by atoms with Crippen LogP contribution >= 0.6 is 23.4 Å². The number of carbonyl (C=O) groups is 1. The molecule has 2 saturated heterocycles. The predicted molar refractivity (Wildman–Crippen MR) is 156 cm³/mol. The largest absolute Gasteiger partial charge is 0.368 e. The number of hydrogen-bond acceptors (Lipinski definition) is 7. The summed E-state index contributed by atoms with van der Waals surface area (Å²) in [6, 6.07) is 10.6. The Balaban J connectivity index is 1.22. The fraction of sp³-hybridized carbons (Fsp3) is 0.429. The van der Waals surface area contributed by atoms with E-state index in [9.17, 15) is 4.79 Å². The number of amidine groups is 1. The van der Waals surface area contributed by atoms with Crippen molar-refractivity contribution in [1.29, 1.82) is 0 Å². The van der Waals surface area contributed by atoms with Crippen LogP contribution in [-0.4, -0.2) is 80.8 Å². The highest BCUT2D eigenvalue weighted by Crippen LogP contribution is 2.33. The lowest BCUT2D eigenvalue weighted by molar-refractivity contribution is -0.113. The Morgan fingerprint density at radius 3 is 2.50 bits per heavy atom. The van der Waals surface area contributed by atoms with Crippen molar-refractivity contribution in [3.63, 3.8) is 0 Å². The molecule has 0 bridgehead atoms. The molecule has 1 amide bonds. The van der Waals surface area contributed by atoms with Crippen molar-refractivity contribution in [3.05, 3.63) is 52.2 Å². The van der Waals surface area contributed by atoms with E-state index in [1.807, 2.05) is 35.0 Å². The zero-order valence-corrected chi connectivity index (χ0v) is 23.4. The number of nitrogens with zero attached hydrogens (tertiary/aromatic N) is 7. The number of aromatic nitrogens is 3. The van der Waals surface area contributed by atoms with Crippen molar-refractivity contribution in [2.75, 3.05) is 44.2 Å². The predicted octanol–water partition coefficient (Wildman–Crippen LogP) is 5.04. The number of amides is 1. The smallest absolute Gasteiger partial charge is 0.286 e. The first-order valence-corrected chi connectivity index (χ1v) is 14.6. The molecule has 0 radical (unpaired) electrons. The third-order valence-corrected chi connectivity index (χ3v) is 8.87. The van der Waals surface area contributed by atoms with Crippen LogP contribution in [0.5, 0.6) is 0 Å². The van der Waals surface area contributed by atoms with Crippen LogP contribution < -0.4 is 4.90 Å². The number of carbonyl (C=O) groups excluding carboxylic acids is 1. The highest BCUT2D eigenvalue weighted by molar-refractivity contribution is 8.18. The Kier molecular flexibility index (Phi) is 7.16. The molecule has 5 heterocycles. The van der Waals surface area contributed by atoms with Gasteiger partial charge >= 0.3 is 0 Å². The van der Waals surface area contributed by atoms with Gasteiger partial charge in [-0.3, -0.25) is 9.69 Å². The maximum absolute atomic E-state index is 12.6. The lowest BCUT2D eigenvalue weighted by atomic mass is 10.1. The third kappa shape index (κ3) is 5.07. The van der Waals surface area contributed by atoms with Crippen molar-refractivity contribution in [2.24, 2.45) is 4.99 Å². The summed E-state index contributed by atoms with van der Waals surface area (Å²) in [7, 11) is 0. The zero-order chi connectivity index (χ0) is 26.2. The summed E-state index contributed by atoms with van der Waals surface area (Å²) in [6.07, 6.45) is 7.18. The van der Waals surface area contributed by atoms with E-state index in [0.29, 0.717) is 16.6 Å². The molecule has 0 saturated carbocycles. The van der Waals surface area contributed by atoms with Gasteiger partial charge < -0.3 is 9.80 Å². The molecule has 3 aromatic rings. The molecule has 6 rings (SSSR count). The first kappa shape index (κ1) is 25.4. The number of anilines is 1. The number of aliphatic imine (C=N–C) groups is 1. The standard InChI is InChI=1S/C28H32ClN7OS/c1-19(2)33-12-14-34(15-13-33)23-8-6-20(16-22(23)29)24-18-30-26-9-7-21(32-36(24)26)17-25-27(37)31-28(38-25)35-10-4-3-5-11-35/h6-9,16-19H,3-5,10-15H2,1-2H3. The van der Waals surface area contributed by atoms with E-state index in [1.54, 1.807) is 0 Å². The normalized spacial score (nSPS) is 20.3. The maximum Gasteiger partial charge on any atom is 0.286 e. The summed E-state index contributed by atoms with van der Waals surface area (Å²) in [5, 5.41) is 6.34. The number of piperidine rings is 1. The molecule has 8 nitrogen and oxygen atoms in total. The van der Waals surface area contributed by atoms with Gasteiger partial charge in [0.2, 0.25) is 0 Å². The average Bonchev–Trinajstić information content (AvgIpc) is 3.52. The van der Waals surface area contributed by atoms with Crippen LogP contribution in [0.1, 0.15) is 38.8 Å². The van der Waals surface area contributed by atoms with E-state index < -0.39 is 0 Å². The highest BCUT2D eigenvalue weighted by Gasteiger charge is 2.27. The van der Waals surface area contributed by atoms with Crippen LogP contribution in [0.4, 0.5) is 5.69 Å². The van der Waals surface area contributed by atoms with Crippen LogP contribution in [0, 0.1) is 0 Å². The lowest BCUT2D eigenvalue weighted by Crippen LogP contribution is -2.49. The highest BCUT2D eigenvalue weighted by atomic mass is 35.5. The topological polar surface area (TPSA) is 69.3 Å². The number of fused-ring (bicyclic) bond motifs is 1. The van der Waals surface area contributed by atoms with Gasteiger partial charge in [0.15, 0.2) is 10.8 Å². The van der Waals surface area contributed by atoms with Crippen molar-refractivity contribution in [2.45, 2.75) is 39.2 Å². The molecule has 198 valence electrons. The molecule has 1 aromatic carbocycles. The summed E-state index contributed by atoms with van der Waals surface area (Å²) in [5.74, 6) is -0.195. The third-order valence-electron chi connectivity index (χ3n) is 7.53. The van der Waals surface area contributed by atoms with Gasteiger partial charge in [-0.25, -0.2) is 9.50 Å². The molecule has 0 aliphatic carbocycles. The van der Waals surface area contributed by atoms with E-state index in [2.05, 4.69) is 50.7 Å². The number of thioether (sulfide) groups is 1. The molecule has 2 fully saturated rings. The fourth-order valence-corrected chi connectivity index (χ4v) is 6.57. The minimum atomic E-state index is -0.195. The number of benzene rings is 1. The summed E-state index contributed by atoms with van der Waals surface area (Å²) < 4.78 is 1.82.